The summed E-state index contributed by atoms with van der Waals surface area (Å²) in [6.07, 6.45) is 10.8. The van der Waals surface area contributed by atoms with Gasteiger partial charge in [0.1, 0.15) is 0 Å². The predicted octanol–water partition coefficient (Wildman–Crippen LogP) is 4.30. The van der Waals surface area contributed by atoms with Crippen LogP contribution in [0, 0.1) is 12.3 Å². The van der Waals surface area contributed by atoms with Crippen LogP contribution in [-0.4, -0.2) is 15.3 Å². The van der Waals surface area contributed by atoms with Crippen molar-refractivity contribution in [2.45, 2.75) is 11.8 Å². The molecule has 98 valence electrons. The molecule has 1 heterocycles. The summed E-state index contributed by atoms with van der Waals surface area (Å²) >= 11 is 13.9. The minimum atomic E-state index is 0.176. The van der Waals surface area contributed by atoms with Crippen molar-refractivity contribution >= 4 is 35.0 Å². The van der Waals surface area contributed by atoms with Crippen molar-refractivity contribution in [3.63, 3.8) is 0 Å². The molecule has 2 rings (SSSR count). The molecule has 1 aromatic heterocycles. The Balaban J connectivity index is 2.23. The van der Waals surface area contributed by atoms with E-state index in [1.54, 1.807) is 30.4 Å². The monoisotopic (exact) mass is 310 g/mol. The van der Waals surface area contributed by atoms with Crippen molar-refractivity contribution in [2.24, 2.45) is 0 Å². The van der Waals surface area contributed by atoms with Crippen molar-refractivity contribution < 1.29 is 0 Å². The van der Waals surface area contributed by atoms with Gasteiger partial charge in [-0.1, -0.05) is 35.2 Å². The molecular weight excluding hydrogens is 299 g/mol. The zero-order chi connectivity index (χ0) is 13.7. The first-order chi connectivity index (χ1) is 9.20. The molecule has 19 heavy (non-hydrogen) atoms. The normalized spacial score (nSPS) is 12.1. The van der Waals surface area contributed by atoms with Crippen molar-refractivity contribution in [3.05, 3.63) is 52.5 Å². The van der Waals surface area contributed by atoms with Gasteiger partial charge in [0.15, 0.2) is 0 Å². The van der Waals surface area contributed by atoms with E-state index in [9.17, 15) is 0 Å². The molecule has 0 bridgehead atoms. The standard InChI is InChI=1S/C14H12Cl2N2S/c1-2-7-19-14(9-18-6-5-17-10-18)12-4-3-11(15)8-13(12)16/h1,3-6,8,10,14H,7,9H2. The van der Waals surface area contributed by atoms with Gasteiger partial charge >= 0.3 is 0 Å². The van der Waals surface area contributed by atoms with Gasteiger partial charge in [-0.15, -0.1) is 18.2 Å². The van der Waals surface area contributed by atoms with E-state index in [0.29, 0.717) is 15.8 Å². The second kappa shape index (κ2) is 6.91. The third-order valence-corrected chi connectivity index (χ3v) is 4.31. The van der Waals surface area contributed by atoms with E-state index in [4.69, 9.17) is 29.6 Å². The number of rotatable bonds is 5. The maximum absolute atomic E-state index is 6.27. The molecule has 5 heteroatoms. The Morgan fingerprint density at radius 3 is 2.89 bits per heavy atom. The molecule has 0 N–H and O–H groups in total. The first kappa shape index (κ1) is 14.3. The highest BCUT2D eigenvalue weighted by Crippen LogP contribution is 2.36. The first-order valence-corrected chi connectivity index (χ1v) is 7.47. The molecule has 0 aliphatic carbocycles. The van der Waals surface area contributed by atoms with E-state index in [2.05, 4.69) is 10.9 Å². The van der Waals surface area contributed by atoms with Gasteiger partial charge < -0.3 is 4.57 Å². The second-order valence-electron chi connectivity index (χ2n) is 3.93. The maximum atomic E-state index is 6.27. The highest BCUT2D eigenvalue weighted by molar-refractivity contribution is 7.99. The smallest absolute Gasteiger partial charge is 0.0946 e. The van der Waals surface area contributed by atoms with E-state index in [1.807, 2.05) is 22.9 Å². The van der Waals surface area contributed by atoms with Gasteiger partial charge in [-0.2, -0.15) is 0 Å². The molecule has 0 saturated carbocycles. The molecule has 1 unspecified atom stereocenters. The topological polar surface area (TPSA) is 17.8 Å². The molecule has 2 aromatic rings. The summed E-state index contributed by atoms with van der Waals surface area (Å²) in [6.45, 7) is 0.772. The molecule has 1 atom stereocenters. The van der Waals surface area contributed by atoms with Crippen LogP contribution >= 0.6 is 35.0 Å². The number of hydrogen-bond acceptors (Lipinski definition) is 2. The number of benzene rings is 1. The Bertz CT molecular complexity index is 576. The molecule has 0 aliphatic heterocycles. The van der Waals surface area contributed by atoms with Gasteiger partial charge in [0.2, 0.25) is 0 Å². The summed E-state index contributed by atoms with van der Waals surface area (Å²) in [4.78, 5) is 4.05. The lowest BCUT2D eigenvalue weighted by Crippen LogP contribution is -2.06. The molecule has 1 aromatic carbocycles. The fourth-order valence-corrected chi connectivity index (χ4v) is 3.30. The lowest BCUT2D eigenvalue weighted by atomic mass is 10.1. The Labute approximate surface area is 127 Å². The number of hydrogen-bond donors (Lipinski definition) is 0. The molecule has 0 radical (unpaired) electrons. The SMILES string of the molecule is C#CCSC(Cn1ccnc1)c1ccc(Cl)cc1Cl. The second-order valence-corrected chi connectivity index (χ2v) is 5.96. The summed E-state index contributed by atoms with van der Waals surface area (Å²) < 4.78 is 2.01. The van der Waals surface area contributed by atoms with Crippen LogP contribution in [0.15, 0.2) is 36.9 Å². The Kier molecular flexibility index (Phi) is 5.21. The van der Waals surface area contributed by atoms with Gasteiger partial charge in [0.25, 0.3) is 0 Å². The Morgan fingerprint density at radius 2 is 2.26 bits per heavy atom. The number of nitrogens with zero attached hydrogens (tertiary/aromatic N) is 2. The van der Waals surface area contributed by atoms with Crippen LogP contribution in [0.4, 0.5) is 0 Å². The van der Waals surface area contributed by atoms with Crippen LogP contribution in [0.2, 0.25) is 10.0 Å². The Morgan fingerprint density at radius 1 is 1.42 bits per heavy atom. The van der Waals surface area contributed by atoms with E-state index in [1.165, 1.54) is 0 Å². The van der Waals surface area contributed by atoms with Crippen molar-refractivity contribution in [1.29, 1.82) is 0 Å². The largest absolute Gasteiger partial charge is 0.336 e. The molecule has 0 saturated heterocycles. The number of terminal acetylenes is 1. The number of halogens is 2. The van der Waals surface area contributed by atoms with Crippen LogP contribution in [-0.2, 0) is 6.54 Å². The maximum Gasteiger partial charge on any atom is 0.0946 e. The van der Waals surface area contributed by atoms with E-state index in [-0.39, 0.29) is 5.25 Å². The summed E-state index contributed by atoms with van der Waals surface area (Å²) in [5.74, 6) is 3.28. The fourth-order valence-electron chi connectivity index (χ4n) is 1.74. The molecular formula is C14H12Cl2N2S. The Hall–Kier alpha value is -1.08. The highest BCUT2D eigenvalue weighted by atomic mass is 35.5. The third-order valence-electron chi connectivity index (χ3n) is 2.61. The average molecular weight is 311 g/mol. The van der Waals surface area contributed by atoms with E-state index in [0.717, 1.165) is 12.1 Å². The van der Waals surface area contributed by atoms with Crippen LogP contribution in [0.1, 0.15) is 10.8 Å². The lowest BCUT2D eigenvalue weighted by Gasteiger charge is -2.18. The lowest BCUT2D eigenvalue weighted by molar-refractivity contribution is 0.684. The zero-order valence-electron chi connectivity index (χ0n) is 10.1. The van der Waals surface area contributed by atoms with Crippen LogP contribution in [0.5, 0.6) is 0 Å². The van der Waals surface area contributed by atoms with Crippen LogP contribution in [0.25, 0.3) is 0 Å². The van der Waals surface area contributed by atoms with Gasteiger partial charge in [0.05, 0.1) is 17.3 Å². The van der Waals surface area contributed by atoms with E-state index >= 15 is 0 Å². The van der Waals surface area contributed by atoms with Crippen molar-refractivity contribution in [3.8, 4) is 12.3 Å². The quantitative estimate of drug-likeness (QED) is 0.766. The van der Waals surface area contributed by atoms with Gasteiger partial charge in [-0.3, -0.25) is 0 Å². The highest BCUT2D eigenvalue weighted by Gasteiger charge is 2.16. The molecule has 0 amide bonds. The van der Waals surface area contributed by atoms with Crippen LogP contribution in [0.3, 0.4) is 0 Å². The summed E-state index contributed by atoms with van der Waals surface area (Å²) in [6, 6.07) is 5.56. The van der Waals surface area contributed by atoms with Gasteiger partial charge in [-0.05, 0) is 17.7 Å². The molecule has 0 fully saturated rings. The first-order valence-electron chi connectivity index (χ1n) is 5.66. The summed E-state index contributed by atoms with van der Waals surface area (Å²) in [7, 11) is 0. The number of aromatic nitrogens is 2. The molecule has 2 nitrogen and oxygen atoms in total. The summed E-state index contributed by atoms with van der Waals surface area (Å²) in [5, 5.41) is 1.48. The fraction of sp³-hybridized carbons (Fsp3) is 0.214. The zero-order valence-corrected chi connectivity index (χ0v) is 12.4. The van der Waals surface area contributed by atoms with Gasteiger partial charge in [-0.25, -0.2) is 4.98 Å². The van der Waals surface area contributed by atoms with Gasteiger partial charge in [0, 0.05) is 29.0 Å². The minimum Gasteiger partial charge on any atom is -0.336 e. The molecule has 0 spiro atoms. The summed E-state index contributed by atoms with van der Waals surface area (Å²) in [5.41, 5.74) is 1.04. The minimum absolute atomic E-state index is 0.176. The molecule has 0 aliphatic rings. The average Bonchev–Trinajstić information content (AvgIpc) is 2.88. The number of thioether (sulfide) groups is 1. The predicted molar refractivity (Wildman–Crippen MR) is 82.7 cm³/mol. The van der Waals surface area contributed by atoms with Crippen molar-refractivity contribution in [1.82, 2.24) is 9.55 Å². The van der Waals surface area contributed by atoms with Crippen LogP contribution < -0.4 is 0 Å². The van der Waals surface area contributed by atoms with Crippen molar-refractivity contribution in [2.75, 3.05) is 5.75 Å². The number of imidazole rings is 1. The third kappa shape index (κ3) is 3.94. The van der Waals surface area contributed by atoms with E-state index < -0.39 is 0 Å².